The Hall–Kier alpha value is -0.940. The minimum Gasteiger partial charge on any atom is -0.486 e. The molecule has 0 N–H and O–H groups in total. The number of hydrogen-bond donors (Lipinski definition) is 0. The molecule has 0 bridgehead atoms. The monoisotopic (exact) mass is 276 g/mol. The van der Waals surface area contributed by atoms with E-state index < -0.39 is 9.05 Å². The van der Waals surface area contributed by atoms with Gasteiger partial charge in [-0.1, -0.05) is 13.8 Å². The Balaban J connectivity index is 2.65. The number of rotatable bonds is 2. The van der Waals surface area contributed by atoms with Crippen LogP contribution in [0.25, 0.3) is 0 Å². The summed E-state index contributed by atoms with van der Waals surface area (Å²) in [6.07, 6.45) is 0. The van der Waals surface area contributed by atoms with E-state index in [4.69, 9.17) is 20.2 Å². The van der Waals surface area contributed by atoms with Crippen molar-refractivity contribution in [2.24, 2.45) is 0 Å². The maximum Gasteiger partial charge on any atom is 0.261 e. The molecule has 1 aliphatic heterocycles. The van der Waals surface area contributed by atoms with E-state index in [0.29, 0.717) is 30.3 Å². The van der Waals surface area contributed by atoms with Gasteiger partial charge in [-0.15, -0.1) is 0 Å². The lowest BCUT2D eigenvalue weighted by atomic mass is 10.0. The van der Waals surface area contributed by atoms with E-state index in [2.05, 4.69) is 0 Å². The summed E-state index contributed by atoms with van der Waals surface area (Å²) >= 11 is 0. The molecule has 0 fully saturated rings. The molecular weight excluding hydrogens is 264 g/mol. The molecule has 0 aliphatic carbocycles. The fraction of sp³-hybridized carbons (Fsp3) is 0.455. The van der Waals surface area contributed by atoms with Crippen molar-refractivity contribution in [3.8, 4) is 11.5 Å². The normalized spacial score (nSPS) is 15.1. The molecule has 4 nitrogen and oxygen atoms in total. The predicted molar refractivity (Wildman–Crippen MR) is 64.6 cm³/mol. The van der Waals surface area contributed by atoms with Crippen molar-refractivity contribution in [3.63, 3.8) is 0 Å². The predicted octanol–water partition coefficient (Wildman–Crippen LogP) is 2.51. The first kappa shape index (κ1) is 12.5. The second-order valence-corrected chi connectivity index (χ2v) is 6.66. The zero-order valence-corrected chi connectivity index (χ0v) is 11.1. The molecule has 0 amide bonds. The van der Waals surface area contributed by atoms with E-state index >= 15 is 0 Å². The second-order valence-electron chi connectivity index (χ2n) is 4.13. The Kier molecular flexibility index (Phi) is 3.23. The van der Waals surface area contributed by atoms with E-state index in [-0.39, 0.29) is 10.8 Å². The number of benzene rings is 1. The number of fused-ring (bicyclic) bond motifs is 1. The standard InChI is InChI=1S/C11H13ClO4S/c1-7(2)8-5-9-10(16-4-3-15-9)6-11(8)17(12,13)14/h5-7H,3-4H2,1-2H3. The summed E-state index contributed by atoms with van der Waals surface area (Å²) < 4.78 is 33.8. The summed E-state index contributed by atoms with van der Waals surface area (Å²) in [4.78, 5) is 0.0958. The van der Waals surface area contributed by atoms with Gasteiger partial charge in [0.05, 0.1) is 4.90 Å². The Morgan fingerprint density at radius 1 is 1.18 bits per heavy atom. The van der Waals surface area contributed by atoms with E-state index in [9.17, 15) is 8.42 Å². The summed E-state index contributed by atoms with van der Waals surface area (Å²) in [5.41, 5.74) is 0.643. The van der Waals surface area contributed by atoms with Gasteiger partial charge in [0.25, 0.3) is 9.05 Å². The first-order chi connectivity index (χ1) is 7.89. The molecule has 0 aromatic heterocycles. The van der Waals surface area contributed by atoms with E-state index in [1.165, 1.54) is 6.07 Å². The van der Waals surface area contributed by atoms with Crippen LogP contribution in [0, 0.1) is 0 Å². The first-order valence-electron chi connectivity index (χ1n) is 5.28. The molecule has 6 heteroatoms. The smallest absolute Gasteiger partial charge is 0.261 e. The molecule has 1 aromatic rings. The van der Waals surface area contributed by atoms with Gasteiger partial charge in [0.15, 0.2) is 11.5 Å². The van der Waals surface area contributed by atoms with Crippen molar-refractivity contribution in [2.75, 3.05) is 13.2 Å². The molecular formula is C11H13ClO4S. The van der Waals surface area contributed by atoms with Crippen LogP contribution in [-0.2, 0) is 9.05 Å². The zero-order chi connectivity index (χ0) is 12.6. The third-order valence-corrected chi connectivity index (χ3v) is 3.94. The van der Waals surface area contributed by atoms with Crippen LogP contribution >= 0.6 is 10.7 Å². The average Bonchev–Trinajstić information content (AvgIpc) is 2.26. The Morgan fingerprint density at radius 2 is 1.71 bits per heavy atom. The molecule has 94 valence electrons. The highest BCUT2D eigenvalue weighted by Crippen LogP contribution is 2.38. The molecule has 2 rings (SSSR count). The molecule has 0 saturated carbocycles. The van der Waals surface area contributed by atoms with Gasteiger partial charge in [0.2, 0.25) is 0 Å². The molecule has 1 heterocycles. The first-order valence-corrected chi connectivity index (χ1v) is 7.58. The van der Waals surface area contributed by atoms with Gasteiger partial charge in [-0.3, -0.25) is 0 Å². The molecule has 0 unspecified atom stereocenters. The Bertz CT molecular complexity index is 537. The van der Waals surface area contributed by atoms with Crippen LogP contribution in [0.3, 0.4) is 0 Å². The fourth-order valence-corrected chi connectivity index (χ4v) is 2.97. The van der Waals surface area contributed by atoms with Crippen molar-refractivity contribution in [1.82, 2.24) is 0 Å². The van der Waals surface area contributed by atoms with Crippen LogP contribution in [-0.4, -0.2) is 21.6 Å². The quantitative estimate of drug-likeness (QED) is 0.779. The Labute approximate surface area is 105 Å². The number of ether oxygens (including phenoxy) is 2. The summed E-state index contributed by atoms with van der Waals surface area (Å²) in [5.74, 6) is 1.04. The lowest BCUT2D eigenvalue weighted by Gasteiger charge is -2.21. The van der Waals surface area contributed by atoms with Crippen molar-refractivity contribution in [1.29, 1.82) is 0 Å². The van der Waals surface area contributed by atoms with Gasteiger partial charge in [-0.25, -0.2) is 8.42 Å². The number of halogens is 1. The minimum atomic E-state index is -3.78. The van der Waals surface area contributed by atoms with Crippen molar-refractivity contribution in [3.05, 3.63) is 17.7 Å². The summed E-state index contributed by atoms with van der Waals surface area (Å²) in [6, 6.07) is 3.13. The third-order valence-electron chi connectivity index (χ3n) is 2.56. The van der Waals surface area contributed by atoms with Gasteiger partial charge in [0, 0.05) is 16.7 Å². The van der Waals surface area contributed by atoms with Crippen LogP contribution in [0.1, 0.15) is 25.3 Å². The SMILES string of the molecule is CC(C)c1cc2c(cc1S(=O)(=O)Cl)OCCO2. The van der Waals surface area contributed by atoms with E-state index in [1.807, 2.05) is 13.8 Å². The van der Waals surface area contributed by atoms with Crippen molar-refractivity contribution >= 4 is 19.7 Å². The minimum absolute atomic E-state index is 0.0364. The highest BCUT2D eigenvalue weighted by Gasteiger charge is 2.23. The topological polar surface area (TPSA) is 52.6 Å². The maximum atomic E-state index is 11.5. The van der Waals surface area contributed by atoms with Gasteiger partial charge in [0.1, 0.15) is 13.2 Å². The lowest BCUT2D eigenvalue weighted by molar-refractivity contribution is 0.170. The van der Waals surface area contributed by atoms with E-state index in [0.717, 1.165) is 0 Å². The summed E-state index contributed by atoms with van der Waals surface area (Å²) in [5, 5.41) is 0. The highest BCUT2D eigenvalue weighted by atomic mass is 35.7. The van der Waals surface area contributed by atoms with Crippen LogP contribution < -0.4 is 9.47 Å². The van der Waals surface area contributed by atoms with Crippen LogP contribution in [0.5, 0.6) is 11.5 Å². The van der Waals surface area contributed by atoms with Crippen LogP contribution in [0.4, 0.5) is 0 Å². The molecule has 1 aliphatic rings. The summed E-state index contributed by atoms with van der Waals surface area (Å²) in [7, 11) is 1.65. The van der Waals surface area contributed by atoms with Crippen molar-refractivity contribution < 1.29 is 17.9 Å². The van der Waals surface area contributed by atoms with Crippen molar-refractivity contribution in [2.45, 2.75) is 24.7 Å². The molecule has 1 aromatic carbocycles. The second kappa shape index (κ2) is 4.38. The van der Waals surface area contributed by atoms with Gasteiger partial charge in [-0.05, 0) is 17.5 Å². The molecule has 0 radical (unpaired) electrons. The largest absolute Gasteiger partial charge is 0.486 e. The lowest BCUT2D eigenvalue weighted by Crippen LogP contribution is -2.16. The van der Waals surface area contributed by atoms with Gasteiger partial charge < -0.3 is 9.47 Å². The zero-order valence-electron chi connectivity index (χ0n) is 9.57. The van der Waals surface area contributed by atoms with Gasteiger partial charge >= 0.3 is 0 Å². The summed E-state index contributed by atoms with van der Waals surface area (Å²) in [6.45, 7) is 4.68. The van der Waals surface area contributed by atoms with Gasteiger partial charge in [-0.2, -0.15) is 0 Å². The average molecular weight is 277 g/mol. The molecule has 17 heavy (non-hydrogen) atoms. The maximum absolute atomic E-state index is 11.5. The third kappa shape index (κ3) is 2.50. The molecule has 0 spiro atoms. The molecule has 0 atom stereocenters. The Morgan fingerprint density at radius 3 is 2.18 bits per heavy atom. The van der Waals surface area contributed by atoms with E-state index in [1.54, 1.807) is 6.07 Å². The number of hydrogen-bond acceptors (Lipinski definition) is 4. The fourth-order valence-electron chi connectivity index (χ4n) is 1.75. The highest BCUT2D eigenvalue weighted by molar-refractivity contribution is 8.13. The van der Waals surface area contributed by atoms with Crippen LogP contribution in [0.15, 0.2) is 17.0 Å². The molecule has 0 saturated heterocycles. The van der Waals surface area contributed by atoms with Crippen LogP contribution in [0.2, 0.25) is 0 Å².